The number of nitrogens with zero attached hydrogens (tertiary/aromatic N) is 2. The number of rotatable bonds is 2. The maximum Gasteiger partial charge on any atom is 0.253 e. The standard InChI is InChI=1S/C15H23N3O/c1-10-7-11(2)18(9-10)14-8-12(5-6-13(14)16)15(19)17(3)4/h5-6,8,10-11H,7,9,16H2,1-4H3. The van der Waals surface area contributed by atoms with Crippen LogP contribution in [0.5, 0.6) is 0 Å². The fourth-order valence-electron chi connectivity index (χ4n) is 2.82. The normalized spacial score (nSPS) is 22.6. The second kappa shape index (κ2) is 5.11. The lowest BCUT2D eigenvalue weighted by atomic mass is 10.1. The van der Waals surface area contributed by atoms with Crippen LogP contribution in [0.2, 0.25) is 0 Å². The van der Waals surface area contributed by atoms with Crippen molar-refractivity contribution in [3.05, 3.63) is 23.8 Å². The highest BCUT2D eigenvalue weighted by Crippen LogP contribution is 2.33. The molecule has 1 aliphatic heterocycles. The Morgan fingerprint density at radius 1 is 1.37 bits per heavy atom. The van der Waals surface area contributed by atoms with Gasteiger partial charge in [-0.2, -0.15) is 0 Å². The van der Waals surface area contributed by atoms with E-state index in [0.717, 1.165) is 17.9 Å². The molecule has 2 N–H and O–H groups in total. The van der Waals surface area contributed by atoms with Crippen LogP contribution in [0.15, 0.2) is 18.2 Å². The van der Waals surface area contributed by atoms with Crippen LogP contribution in [0.3, 0.4) is 0 Å². The third-order valence-electron chi connectivity index (χ3n) is 3.78. The topological polar surface area (TPSA) is 49.6 Å². The second-order valence-electron chi connectivity index (χ2n) is 5.82. The van der Waals surface area contributed by atoms with Crippen LogP contribution in [0.25, 0.3) is 0 Å². The number of nitrogen functional groups attached to an aromatic ring is 1. The van der Waals surface area contributed by atoms with E-state index in [4.69, 9.17) is 5.73 Å². The van der Waals surface area contributed by atoms with E-state index in [1.807, 2.05) is 12.1 Å². The number of amides is 1. The largest absolute Gasteiger partial charge is 0.397 e. The Morgan fingerprint density at radius 2 is 2.05 bits per heavy atom. The van der Waals surface area contributed by atoms with Crippen molar-refractivity contribution < 1.29 is 4.79 Å². The highest BCUT2D eigenvalue weighted by atomic mass is 16.2. The minimum Gasteiger partial charge on any atom is -0.397 e. The van der Waals surface area contributed by atoms with Crippen molar-refractivity contribution in [2.75, 3.05) is 31.3 Å². The molecule has 0 spiro atoms. The minimum atomic E-state index is 0.0150. The molecule has 0 aromatic heterocycles. The molecule has 4 heteroatoms. The summed E-state index contributed by atoms with van der Waals surface area (Å²) in [5.74, 6) is 0.684. The summed E-state index contributed by atoms with van der Waals surface area (Å²) < 4.78 is 0. The van der Waals surface area contributed by atoms with Crippen LogP contribution in [0, 0.1) is 5.92 Å². The first-order valence-corrected chi connectivity index (χ1v) is 6.78. The van der Waals surface area contributed by atoms with Crippen molar-refractivity contribution in [1.82, 2.24) is 4.90 Å². The van der Waals surface area contributed by atoms with Crippen LogP contribution >= 0.6 is 0 Å². The first-order valence-electron chi connectivity index (χ1n) is 6.78. The first-order chi connectivity index (χ1) is 8.90. The zero-order valence-corrected chi connectivity index (χ0v) is 12.2. The molecular formula is C15H23N3O. The van der Waals surface area contributed by atoms with Gasteiger partial charge in [-0.15, -0.1) is 0 Å². The molecule has 4 nitrogen and oxygen atoms in total. The number of nitrogens with two attached hydrogens (primary N) is 1. The van der Waals surface area contributed by atoms with E-state index < -0.39 is 0 Å². The molecule has 19 heavy (non-hydrogen) atoms. The smallest absolute Gasteiger partial charge is 0.253 e. The van der Waals surface area contributed by atoms with Gasteiger partial charge in [0.2, 0.25) is 0 Å². The summed E-state index contributed by atoms with van der Waals surface area (Å²) >= 11 is 0. The van der Waals surface area contributed by atoms with E-state index in [0.29, 0.717) is 17.5 Å². The summed E-state index contributed by atoms with van der Waals surface area (Å²) in [5, 5.41) is 0. The molecular weight excluding hydrogens is 238 g/mol. The van der Waals surface area contributed by atoms with Gasteiger partial charge < -0.3 is 15.5 Å². The summed E-state index contributed by atoms with van der Waals surface area (Å²) in [6.07, 6.45) is 1.17. The van der Waals surface area contributed by atoms with Crippen molar-refractivity contribution in [3.8, 4) is 0 Å². The molecule has 2 unspecified atom stereocenters. The summed E-state index contributed by atoms with van der Waals surface area (Å²) in [7, 11) is 3.53. The van der Waals surface area contributed by atoms with Gasteiger partial charge >= 0.3 is 0 Å². The molecule has 0 aliphatic carbocycles. The van der Waals surface area contributed by atoms with Crippen LogP contribution in [-0.4, -0.2) is 37.5 Å². The molecule has 1 aliphatic rings. The Balaban J connectivity index is 2.35. The third kappa shape index (κ3) is 2.67. The number of hydrogen-bond donors (Lipinski definition) is 1. The SMILES string of the molecule is CC1CC(C)N(c2cc(C(=O)N(C)C)ccc2N)C1. The number of carbonyl (C=O) groups excluding carboxylic acids is 1. The van der Waals surface area contributed by atoms with E-state index in [1.54, 1.807) is 25.1 Å². The Labute approximate surface area is 115 Å². The Hall–Kier alpha value is -1.71. The lowest BCUT2D eigenvalue weighted by molar-refractivity contribution is 0.0827. The molecule has 1 aromatic rings. The summed E-state index contributed by atoms with van der Waals surface area (Å²) in [5.41, 5.74) is 8.52. The van der Waals surface area contributed by atoms with Crippen LogP contribution in [-0.2, 0) is 0 Å². The van der Waals surface area contributed by atoms with Gasteiger partial charge in [0.15, 0.2) is 0 Å². The highest BCUT2D eigenvalue weighted by Gasteiger charge is 2.28. The maximum absolute atomic E-state index is 12.0. The Bertz CT molecular complexity index is 484. The van der Waals surface area contributed by atoms with Gasteiger partial charge in [-0.3, -0.25) is 4.79 Å². The Morgan fingerprint density at radius 3 is 2.58 bits per heavy atom. The molecule has 1 fully saturated rings. The average Bonchev–Trinajstić information content (AvgIpc) is 2.68. The lowest BCUT2D eigenvalue weighted by Gasteiger charge is -2.26. The Kier molecular flexibility index (Phi) is 3.69. The van der Waals surface area contributed by atoms with Crippen LogP contribution < -0.4 is 10.6 Å². The van der Waals surface area contributed by atoms with Crippen LogP contribution in [0.1, 0.15) is 30.6 Å². The monoisotopic (exact) mass is 261 g/mol. The number of hydrogen-bond acceptors (Lipinski definition) is 3. The van der Waals surface area contributed by atoms with Crippen molar-refractivity contribution in [2.24, 2.45) is 5.92 Å². The number of anilines is 2. The average molecular weight is 261 g/mol. The molecule has 0 saturated carbocycles. The third-order valence-corrected chi connectivity index (χ3v) is 3.78. The summed E-state index contributed by atoms with van der Waals surface area (Å²) in [6, 6.07) is 6.03. The molecule has 2 atom stereocenters. The predicted octanol–water partition coefficient (Wildman–Crippen LogP) is 2.21. The van der Waals surface area contributed by atoms with Gasteiger partial charge in [0.1, 0.15) is 0 Å². The molecule has 104 valence electrons. The fourth-order valence-corrected chi connectivity index (χ4v) is 2.82. The second-order valence-corrected chi connectivity index (χ2v) is 5.82. The summed E-state index contributed by atoms with van der Waals surface area (Å²) in [4.78, 5) is 15.9. The van der Waals surface area contributed by atoms with Gasteiger partial charge in [-0.1, -0.05) is 6.92 Å². The number of benzene rings is 1. The van der Waals surface area contributed by atoms with E-state index in [-0.39, 0.29) is 5.91 Å². The quantitative estimate of drug-likeness (QED) is 0.830. The van der Waals surface area contributed by atoms with Crippen LogP contribution in [0.4, 0.5) is 11.4 Å². The summed E-state index contributed by atoms with van der Waals surface area (Å²) in [6.45, 7) is 5.47. The van der Waals surface area contributed by atoms with E-state index in [9.17, 15) is 4.79 Å². The highest BCUT2D eigenvalue weighted by molar-refractivity contribution is 5.96. The molecule has 1 aromatic carbocycles. The zero-order chi connectivity index (χ0) is 14.2. The zero-order valence-electron chi connectivity index (χ0n) is 12.2. The van der Waals surface area contributed by atoms with Crippen molar-refractivity contribution in [2.45, 2.75) is 26.3 Å². The predicted molar refractivity (Wildman–Crippen MR) is 79.5 cm³/mol. The van der Waals surface area contributed by atoms with Gasteiger partial charge in [0, 0.05) is 32.2 Å². The molecule has 2 rings (SSSR count). The van der Waals surface area contributed by atoms with Gasteiger partial charge in [0.25, 0.3) is 5.91 Å². The fraction of sp³-hybridized carbons (Fsp3) is 0.533. The minimum absolute atomic E-state index is 0.0150. The van der Waals surface area contributed by atoms with E-state index in [2.05, 4.69) is 18.7 Å². The van der Waals surface area contributed by atoms with Gasteiger partial charge in [-0.05, 0) is 37.5 Å². The molecule has 1 amide bonds. The molecule has 1 heterocycles. The number of carbonyl (C=O) groups is 1. The molecule has 0 radical (unpaired) electrons. The first kappa shape index (κ1) is 13.7. The van der Waals surface area contributed by atoms with Crippen molar-refractivity contribution in [1.29, 1.82) is 0 Å². The lowest BCUT2D eigenvalue weighted by Crippen LogP contribution is -2.28. The van der Waals surface area contributed by atoms with Crippen molar-refractivity contribution in [3.63, 3.8) is 0 Å². The van der Waals surface area contributed by atoms with E-state index >= 15 is 0 Å². The molecule has 1 saturated heterocycles. The van der Waals surface area contributed by atoms with Gasteiger partial charge in [0.05, 0.1) is 11.4 Å². The van der Waals surface area contributed by atoms with Gasteiger partial charge in [-0.25, -0.2) is 0 Å². The van der Waals surface area contributed by atoms with E-state index in [1.165, 1.54) is 6.42 Å². The maximum atomic E-state index is 12.0. The van der Waals surface area contributed by atoms with Crippen molar-refractivity contribution >= 4 is 17.3 Å². The molecule has 0 bridgehead atoms.